The molecule has 2 aromatic rings. The van der Waals surface area contributed by atoms with Gasteiger partial charge in [-0.05, 0) is 61.1 Å². The zero-order valence-electron chi connectivity index (χ0n) is 20.1. The third-order valence-electron chi connectivity index (χ3n) is 7.14. The van der Waals surface area contributed by atoms with E-state index in [-0.39, 0.29) is 18.0 Å². The molecule has 0 aromatic heterocycles. The predicted octanol–water partition coefficient (Wildman–Crippen LogP) is 8.54. The molecule has 1 saturated carbocycles. The van der Waals surface area contributed by atoms with Crippen molar-refractivity contribution in [1.29, 1.82) is 0 Å². The number of carbonyl (C=O) groups excluding carboxylic acids is 2. The molecule has 0 N–H and O–H groups in total. The molecular weight excluding hydrogens is 392 g/mol. The minimum Gasteiger partial charge on any atom is -0.300 e. The Bertz CT molecular complexity index is 839. The van der Waals surface area contributed by atoms with Crippen LogP contribution in [0.4, 0.5) is 0 Å². The number of rotatable bonds is 12. The molecular formula is C30H40O2. The van der Waals surface area contributed by atoms with Crippen LogP contribution < -0.4 is 0 Å². The lowest BCUT2D eigenvalue weighted by Crippen LogP contribution is -2.13. The molecule has 0 bridgehead atoms. The summed E-state index contributed by atoms with van der Waals surface area (Å²) in [7, 11) is 0. The molecule has 1 aliphatic rings. The maximum Gasteiger partial charge on any atom is 0.170 e. The minimum atomic E-state index is -0.105. The van der Waals surface area contributed by atoms with E-state index in [9.17, 15) is 9.59 Å². The van der Waals surface area contributed by atoms with Crippen LogP contribution >= 0.6 is 0 Å². The first-order valence-corrected chi connectivity index (χ1v) is 12.8. The Morgan fingerprint density at radius 2 is 1.31 bits per heavy atom. The molecule has 0 aliphatic heterocycles. The van der Waals surface area contributed by atoms with Crippen LogP contribution in [0.1, 0.15) is 113 Å². The summed E-state index contributed by atoms with van der Waals surface area (Å²) in [6.07, 6.45) is 15.3. The van der Waals surface area contributed by atoms with Crippen LogP contribution in [0.2, 0.25) is 0 Å². The van der Waals surface area contributed by atoms with E-state index in [1.807, 2.05) is 24.3 Å². The van der Waals surface area contributed by atoms with Gasteiger partial charge in [0, 0.05) is 5.56 Å². The molecule has 0 heterocycles. The number of Topliss-reactive ketones (excluding diaryl/α,β-unsaturated/α-hetero) is 2. The van der Waals surface area contributed by atoms with E-state index in [2.05, 4.69) is 31.2 Å². The molecule has 172 valence electrons. The first-order chi connectivity index (χ1) is 15.6. The highest BCUT2D eigenvalue weighted by Gasteiger charge is 2.22. The molecule has 0 unspecified atom stereocenters. The van der Waals surface area contributed by atoms with Crippen molar-refractivity contribution < 1.29 is 9.59 Å². The summed E-state index contributed by atoms with van der Waals surface area (Å²) in [5.74, 6) is 1.45. The van der Waals surface area contributed by atoms with E-state index in [1.54, 1.807) is 0 Å². The fourth-order valence-electron chi connectivity index (χ4n) is 5.12. The zero-order chi connectivity index (χ0) is 22.8. The fourth-order valence-corrected chi connectivity index (χ4v) is 5.12. The van der Waals surface area contributed by atoms with E-state index in [1.165, 1.54) is 88.7 Å². The Kier molecular flexibility index (Phi) is 9.71. The first-order valence-electron chi connectivity index (χ1n) is 12.8. The lowest BCUT2D eigenvalue weighted by atomic mass is 9.77. The normalized spacial score (nSPS) is 18.4. The Labute approximate surface area is 194 Å². The van der Waals surface area contributed by atoms with E-state index < -0.39 is 0 Å². The number of unbranched alkanes of at least 4 members (excludes halogenated alkanes) is 5. The summed E-state index contributed by atoms with van der Waals surface area (Å²) in [6.45, 7) is 3.74. The SMILES string of the molecule is CCCCCCCCC1CCC(c2ccc(-c3ccc(C(=O)CC(C)=O)cc3)cc2)CC1. The Morgan fingerprint density at radius 1 is 0.750 bits per heavy atom. The third-order valence-corrected chi connectivity index (χ3v) is 7.14. The van der Waals surface area contributed by atoms with Crippen LogP contribution in [0.25, 0.3) is 11.1 Å². The van der Waals surface area contributed by atoms with Gasteiger partial charge in [0.15, 0.2) is 5.78 Å². The summed E-state index contributed by atoms with van der Waals surface area (Å²) in [5, 5.41) is 0. The fraction of sp³-hybridized carbons (Fsp3) is 0.533. The van der Waals surface area contributed by atoms with Crippen molar-refractivity contribution in [2.24, 2.45) is 5.92 Å². The molecule has 0 saturated heterocycles. The van der Waals surface area contributed by atoms with Gasteiger partial charge in [-0.15, -0.1) is 0 Å². The Balaban J connectivity index is 1.46. The standard InChI is InChI=1S/C30H40O2/c1-3-4-5-6-7-8-9-24-10-12-25(13-11-24)26-14-16-27(17-15-26)28-18-20-29(21-19-28)30(32)22-23(2)31/h14-21,24-25H,3-13,22H2,1-2H3. The van der Waals surface area contributed by atoms with Crippen LogP contribution in [0.3, 0.4) is 0 Å². The molecule has 2 aromatic carbocycles. The number of hydrogen-bond donors (Lipinski definition) is 0. The summed E-state index contributed by atoms with van der Waals surface area (Å²) < 4.78 is 0. The van der Waals surface area contributed by atoms with Gasteiger partial charge in [0.2, 0.25) is 0 Å². The van der Waals surface area contributed by atoms with Crippen LogP contribution in [-0.2, 0) is 4.79 Å². The van der Waals surface area contributed by atoms with Crippen molar-refractivity contribution in [2.75, 3.05) is 0 Å². The van der Waals surface area contributed by atoms with Gasteiger partial charge in [-0.3, -0.25) is 9.59 Å². The van der Waals surface area contributed by atoms with Crippen molar-refractivity contribution in [3.63, 3.8) is 0 Å². The number of hydrogen-bond acceptors (Lipinski definition) is 2. The number of benzene rings is 2. The van der Waals surface area contributed by atoms with Crippen molar-refractivity contribution in [2.45, 2.75) is 96.8 Å². The second kappa shape index (κ2) is 12.7. The van der Waals surface area contributed by atoms with Crippen molar-refractivity contribution in [1.82, 2.24) is 0 Å². The average Bonchev–Trinajstić information content (AvgIpc) is 2.81. The molecule has 0 spiro atoms. The van der Waals surface area contributed by atoms with Crippen molar-refractivity contribution in [3.05, 3.63) is 59.7 Å². The topological polar surface area (TPSA) is 34.1 Å². The molecule has 0 radical (unpaired) electrons. The van der Waals surface area contributed by atoms with Crippen LogP contribution in [0.5, 0.6) is 0 Å². The second-order valence-corrected chi connectivity index (χ2v) is 9.78. The quantitative estimate of drug-likeness (QED) is 0.191. The highest BCUT2D eigenvalue weighted by molar-refractivity contribution is 6.07. The summed E-state index contributed by atoms with van der Waals surface area (Å²) in [5.41, 5.74) is 4.37. The van der Waals surface area contributed by atoms with Gasteiger partial charge in [0.05, 0.1) is 6.42 Å². The monoisotopic (exact) mass is 432 g/mol. The second-order valence-electron chi connectivity index (χ2n) is 9.78. The van der Waals surface area contributed by atoms with Gasteiger partial charge in [-0.2, -0.15) is 0 Å². The summed E-state index contributed by atoms with van der Waals surface area (Å²) in [4.78, 5) is 23.2. The lowest BCUT2D eigenvalue weighted by Gasteiger charge is -2.29. The molecule has 0 amide bonds. The van der Waals surface area contributed by atoms with Gasteiger partial charge >= 0.3 is 0 Å². The van der Waals surface area contributed by atoms with Crippen LogP contribution in [-0.4, -0.2) is 11.6 Å². The maximum absolute atomic E-state index is 12.0. The molecule has 2 heteroatoms. The molecule has 1 fully saturated rings. The molecule has 32 heavy (non-hydrogen) atoms. The first kappa shape index (κ1) is 24.4. The zero-order valence-corrected chi connectivity index (χ0v) is 20.1. The molecule has 0 atom stereocenters. The van der Waals surface area contributed by atoms with Crippen LogP contribution in [0, 0.1) is 5.92 Å². The number of ketones is 2. The maximum atomic E-state index is 12.0. The highest BCUT2D eigenvalue weighted by atomic mass is 16.1. The van der Waals surface area contributed by atoms with E-state index in [4.69, 9.17) is 0 Å². The largest absolute Gasteiger partial charge is 0.300 e. The van der Waals surface area contributed by atoms with Gasteiger partial charge in [0.1, 0.15) is 5.78 Å². The van der Waals surface area contributed by atoms with Crippen molar-refractivity contribution >= 4 is 11.6 Å². The minimum absolute atomic E-state index is 0.0186. The molecule has 1 aliphatic carbocycles. The van der Waals surface area contributed by atoms with E-state index in [0.717, 1.165) is 11.5 Å². The van der Waals surface area contributed by atoms with Gasteiger partial charge in [-0.25, -0.2) is 0 Å². The third kappa shape index (κ3) is 7.43. The summed E-state index contributed by atoms with van der Waals surface area (Å²) >= 11 is 0. The van der Waals surface area contributed by atoms with Crippen LogP contribution in [0.15, 0.2) is 48.5 Å². The van der Waals surface area contributed by atoms with Crippen molar-refractivity contribution in [3.8, 4) is 11.1 Å². The summed E-state index contributed by atoms with van der Waals surface area (Å²) in [6, 6.07) is 16.6. The van der Waals surface area contributed by atoms with Gasteiger partial charge in [0.25, 0.3) is 0 Å². The predicted molar refractivity (Wildman–Crippen MR) is 134 cm³/mol. The average molecular weight is 433 g/mol. The lowest BCUT2D eigenvalue weighted by molar-refractivity contribution is -0.116. The molecule has 3 rings (SSSR count). The highest BCUT2D eigenvalue weighted by Crippen LogP contribution is 2.38. The van der Waals surface area contributed by atoms with Gasteiger partial charge < -0.3 is 0 Å². The molecule has 2 nitrogen and oxygen atoms in total. The number of carbonyl (C=O) groups is 2. The van der Waals surface area contributed by atoms with E-state index in [0.29, 0.717) is 11.5 Å². The van der Waals surface area contributed by atoms with Gasteiger partial charge in [-0.1, -0.05) is 100 Å². The Morgan fingerprint density at radius 3 is 1.91 bits per heavy atom. The van der Waals surface area contributed by atoms with E-state index >= 15 is 0 Å². The smallest absolute Gasteiger partial charge is 0.170 e. The Hall–Kier alpha value is -2.22.